The van der Waals surface area contributed by atoms with Gasteiger partial charge in [-0.25, -0.2) is 0 Å². The Morgan fingerprint density at radius 1 is 1.11 bits per heavy atom. The van der Waals surface area contributed by atoms with Gasteiger partial charge in [-0.05, 0) is 53.1 Å². The molecule has 106 valence electrons. The maximum atomic E-state index is 12.9. The predicted molar refractivity (Wildman–Crippen MR) is 75.5 cm³/mol. The lowest BCUT2D eigenvalue weighted by Crippen LogP contribution is -2.24. The Labute approximate surface area is 121 Å². The van der Waals surface area contributed by atoms with Gasteiger partial charge in [-0.2, -0.15) is 8.78 Å². The first-order chi connectivity index (χ1) is 9.03. The van der Waals surface area contributed by atoms with E-state index in [1.54, 1.807) is 0 Å². The van der Waals surface area contributed by atoms with Gasteiger partial charge in [0.05, 0.1) is 12.7 Å². The Bertz CT molecular complexity index is 369. The largest absolute Gasteiger partial charge is 0.374 e. The van der Waals surface area contributed by atoms with Crippen LogP contribution in [0.15, 0.2) is 30.3 Å². The van der Waals surface area contributed by atoms with Gasteiger partial charge in [-0.15, -0.1) is 0 Å². The first-order valence-corrected chi connectivity index (χ1v) is 7.54. The summed E-state index contributed by atoms with van der Waals surface area (Å²) in [6.45, 7) is 0.616. The van der Waals surface area contributed by atoms with E-state index < -0.39 is 4.83 Å². The molecular weight excluding hydrogens is 314 g/mol. The highest BCUT2D eigenvalue weighted by atomic mass is 79.9. The number of ether oxygens (including phenoxy) is 1. The van der Waals surface area contributed by atoms with Gasteiger partial charge in [0.15, 0.2) is 0 Å². The molecule has 1 fully saturated rings. The lowest BCUT2D eigenvalue weighted by atomic mass is 9.85. The van der Waals surface area contributed by atoms with Gasteiger partial charge < -0.3 is 4.74 Å². The third kappa shape index (κ3) is 5.57. The van der Waals surface area contributed by atoms with Crippen LogP contribution in [0.3, 0.4) is 0 Å². The molecule has 19 heavy (non-hydrogen) atoms. The number of hydrogen-bond acceptors (Lipinski definition) is 1. The SMILES string of the molecule is FC(F)(Br)CC1CCC(OCc2ccccc2)CC1. The van der Waals surface area contributed by atoms with Crippen molar-refractivity contribution in [3.05, 3.63) is 35.9 Å². The first-order valence-electron chi connectivity index (χ1n) is 6.75. The van der Waals surface area contributed by atoms with Crippen molar-refractivity contribution in [2.75, 3.05) is 0 Å². The van der Waals surface area contributed by atoms with E-state index in [9.17, 15) is 8.78 Å². The molecule has 0 aromatic heterocycles. The Morgan fingerprint density at radius 3 is 2.32 bits per heavy atom. The van der Waals surface area contributed by atoms with Gasteiger partial charge in [0, 0.05) is 6.42 Å². The monoisotopic (exact) mass is 332 g/mol. The van der Waals surface area contributed by atoms with Crippen LogP contribution in [0.2, 0.25) is 0 Å². The van der Waals surface area contributed by atoms with E-state index in [1.165, 1.54) is 0 Å². The summed E-state index contributed by atoms with van der Waals surface area (Å²) >= 11 is 2.43. The standard InChI is InChI=1S/C15H19BrF2O/c16-15(17,18)10-12-6-8-14(9-7-12)19-11-13-4-2-1-3-5-13/h1-5,12,14H,6-11H2. The summed E-state index contributed by atoms with van der Waals surface area (Å²) in [4.78, 5) is -2.71. The summed E-state index contributed by atoms with van der Waals surface area (Å²) in [6.07, 6.45) is 3.61. The zero-order chi connectivity index (χ0) is 13.7. The quantitative estimate of drug-likeness (QED) is 0.678. The van der Waals surface area contributed by atoms with E-state index in [4.69, 9.17) is 4.74 Å². The van der Waals surface area contributed by atoms with Gasteiger partial charge in [0.2, 0.25) is 0 Å². The van der Waals surface area contributed by atoms with E-state index in [0.717, 1.165) is 31.2 Å². The minimum absolute atomic E-state index is 0.0571. The van der Waals surface area contributed by atoms with Gasteiger partial charge in [-0.1, -0.05) is 30.3 Å². The predicted octanol–water partition coefficient (Wildman–Crippen LogP) is 5.14. The minimum Gasteiger partial charge on any atom is -0.374 e. The van der Waals surface area contributed by atoms with Crippen molar-refractivity contribution in [2.24, 2.45) is 5.92 Å². The zero-order valence-corrected chi connectivity index (χ0v) is 12.4. The van der Waals surface area contributed by atoms with Crippen molar-refractivity contribution < 1.29 is 13.5 Å². The molecule has 1 saturated carbocycles. The van der Waals surface area contributed by atoms with Crippen LogP contribution in [-0.2, 0) is 11.3 Å². The summed E-state index contributed by atoms with van der Waals surface area (Å²) in [5.74, 6) is 0.117. The lowest BCUT2D eigenvalue weighted by molar-refractivity contribution is -0.00419. The van der Waals surface area contributed by atoms with E-state index in [2.05, 4.69) is 15.9 Å². The first kappa shape index (κ1) is 14.9. The smallest absolute Gasteiger partial charge is 0.301 e. The number of halogens is 3. The molecule has 1 aromatic carbocycles. The Hall–Kier alpha value is -0.480. The molecule has 1 aliphatic carbocycles. The molecular formula is C15H19BrF2O. The summed E-state index contributed by atoms with van der Waals surface area (Å²) in [5.41, 5.74) is 1.16. The van der Waals surface area contributed by atoms with Crippen LogP contribution >= 0.6 is 15.9 Å². The molecule has 4 heteroatoms. The van der Waals surface area contributed by atoms with Crippen LogP contribution < -0.4 is 0 Å². The number of benzene rings is 1. The fourth-order valence-electron chi connectivity index (χ4n) is 2.62. The average Bonchev–Trinajstić information content (AvgIpc) is 2.37. The van der Waals surface area contributed by atoms with Crippen molar-refractivity contribution >= 4 is 15.9 Å². The van der Waals surface area contributed by atoms with Crippen LogP contribution in [-0.4, -0.2) is 10.9 Å². The molecule has 0 N–H and O–H groups in total. The van der Waals surface area contributed by atoms with Gasteiger partial charge >= 0.3 is 4.83 Å². The zero-order valence-electron chi connectivity index (χ0n) is 10.8. The summed E-state index contributed by atoms with van der Waals surface area (Å²) < 4.78 is 31.6. The highest BCUT2D eigenvalue weighted by molar-refractivity contribution is 9.09. The van der Waals surface area contributed by atoms with Crippen molar-refractivity contribution in [2.45, 2.75) is 49.6 Å². The third-order valence-electron chi connectivity index (χ3n) is 3.64. The summed E-state index contributed by atoms with van der Waals surface area (Å²) in [6, 6.07) is 10.0. The van der Waals surface area contributed by atoms with Crippen LogP contribution in [0.1, 0.15) is 37.7 Å². The lowest BCUT2D eigenvalue weighted by Gasteiger charge is -2.29. The fraction of sp³-hybridized carbons (Fsp3) is 0.600. The number of rotatable bonds is 5. The van der Waals surface area contributed by atoms with Crippen LogP contribution in [0, 0.1) is 5.92 Å². The van der Waals surface area contributed by atoms with Crippen LogP contribution in [0.4, 0.5) is 8.78 Å². The van der Waals surface area contributed by atoms with Crippen molar-refractivity contribution in [3.63, 3.8) is 0 Å². The molecule has 0 aliphatic heterocycles. The van der Waals surface area contributed by atoms with Crippen LogP contribution in [0.25, 0.3) is 0 Å². The molecule has 2 rings (SSSR count). The Balaban J connectivity index is 1.69. The van der Waals surface area contributed by atoms with E-state index in [-0.39, 0.29) is 18.4 Å². The van der Waals surface area contributed by atoms with Crippen LogP contribution in [0.5, 0.6) is 0 Å². The molecule has 0 spiro atoms. The minimum atomic E-state index is -2.71. The van der Waals surface area contributed by atoms with E-state index in [0.29, 0.717) is 6.61 Å². The third-order valence-corrected chi connectivity index (χ3v) is 3.97. The average molecular weight is 333 g/mol. The molecule has 0 heterocycles. The summed E-state index contributed by atoms with van der Waals surface area (Å²) in [5, 5.41) is 0. The molecule has 0 bridgehead atoms. The number of hydrogen-bond donors (Lipinski definition) is 0. The van der Waals surface area contributed by atoms with Crippen molar-refractivity contribution in [3.8, 4) is 0 Å². The van der Waals surface area contributed by atoms with Crippen molar-refractivity contribution in [1.29, 1.82) is 0 Å². The molecule has 0 atom stereocenters. The van der Waals surface area contributed by atoms with E-state index >= 15 is 0 Å². The second-order valence-corrected chi connectivity index (χ2v) is 6.42. The van der Waals surface area contributed by atoms with E-state index in [1.807, 2.05) is 30.3 Å². The normalized spacial score (nSPS) is 24.4. The highest BCUT2D eigenvalue weighted by Crippen LogP contribution is 2.37. The molecule has 0 saturated heterocycles. The van der Waals surface area contributed by atoms with Gasteiger partial charge in [0.1, 0.15) is 0 Å². The molecule has 1 aliphatic rings. The Kier molecular flexibility index (Phi) is 5.34. The molecule has 0 radical (unpaired) electrons. The maximum Gasteiger partial charge on any atom is 0.301 e. The second-order valence-electron chi connectivity index (χ2n) is 5.26. The molecule has 0 amide bonds. The highest BCUT2D eigenvalue weighted by Gasteiger charge is 2.31. The molecule has 0 unspecified atom stereocenters. The second kappa shape index (κ2) is 6.80. The summed E-state index contributed by atoms with van der Waals surface area (Å²) in [7, 11) is 0. The van der Waals surface area contributed by atoms with Gasteiger partial charge in [-0.3, -0.25) is 0 Å². The fourth-order valence-corrected chi connectivity index (χ4v) is 3.08. The van der Waals surface area contributed by atoms with Gasteiger partial charge in [0.25, 0.3) is 0 Å². The number of alkyl halides is 3. The Morgan fingerprint density at radius 2 is 1.74 bits per heavy atom. The topological polar surface area (TPSA) is 9.23 Å². The molecule has 1 aromatic rings. The van der Waals surface area contributed by atoms with Crippen molar-refractivity contribution in [1.82, 2.24) is 0 Å². The maximum absolute atomic E-state index is 12.9. The molecule has 1 nitrogen and oxygen atoms in total.